The summed E-state index contributed by atoms with van der Waals surface area (Å²) < 4.78 is 12.9. The molecule has 0 unspecified atom stereocenters. The number of rotatable bonds is 5. The van der Waals surface area contributed by atoms with Crippen molar-refractivity contribution >= 4 is 17.6 Å². The van der Waals surface area contributed by atoms with Crippen molar-refractivity contribution in [3.8, 4) is 0 Å². The molecule has 2 aliphatic rings. The number of carbonyl (C=O) groups is 2. The molecule has 3 rings (SSSR count). The molecule has 1 aromatic rings. The molecule has 1 aromatic carbocycles. The Kier molecular flexibility index (Phi) is 5.53. The molecule has 3 amide bonds. The van der Waals surface area contributed by atoms with Crippen LogP contribution in [0.3, 0.4) is 0 Å². The number of piperidine rings is 1. The van der Waals surface area contributed by atoms with Crippen molar-refractivity contribution in [1.82, 2.24) is 15.5 Å². The van der Waals surface area contributed by atoms with E-state index < -0.39 is 6.03 Å². The Morgan fingerprint density at radius 1 is 1.08 bits per heavy atom. The number of imide groups is 1. The lowest BCUT2D eigenvalue weighted by molar-refractivity contribution is -0.125. The van der Waals surface area contributed by atoms with Crippen molar-refractivity contribution in [2.75, 3.05) is 18.4 Å². The molecule has 1 atom stereocenters. The van der Waals surface area contributed by atoms with Crippen molar-refractivity contribution < 1.29 is 14.0 Å². The third kappa shape index (κ3) is 5.16. The summed E-state index contributed by atoms with van der Waals surface area (Å²) >= 11 is 0. The fourth-order valence-electron chi connectivity index (χ4n) is 3.04. The average molecular weight is 348 g/mol. The van der Waals surface area contributed by atoms with Gasteiger partial charge in [-0.2, -0.15) is 0 Å². The first kappa shape index (κ1) is 17.7. The normalized spacial score (nSPS) is 19.9. The molecule has 0 spiro atoms. The van der Waals surface area contributed by atoms with E-state index in [-0.39, 0.29) is 23.8 Å². The Morgan fingerprint density at radius 2 is 1.72 bits per heavy atom. The maximum Gasteiger partial charge on any atom is 0.321 e. The number of hydrogen-bond donors (Lipinski definition) is 3. The zero-order chi connectivity index (χ0) is 17.8. The summed E-state index contributed by atoms with van der Waals surface area (Å²) in [6, 6.07) is 6.15. The van der Waals surface area contributed by atoms with Gasteiger partial charge in [0, 0.05) is 30.9 Å². The Hall–Kier alpha value is -2.15. The summed E-state index contributed by atoms with van der Waals surface area (Å²) in [5, 5.41) is 8.58. The topological polar surface area (TPSA) is 73.5 Å². The van der Waals surface area contributed by atoms with Crippen LogP contribution < -0.4 is 16.0 Å². The second-order valence-electron chi connectivity index (χ2n) is 6.87. The molecular weight excluding hydrogens is 323 g/mol. The molecular formula is C18H25FN4O2. The molecule has 1 aliphatic carbocycles. The third-order valence-corrected chi connectivity index (χ3v) is 4.82. The predicted molar refractivity (Wildman–Crippen MR) is 93.8 cm³/mol. The second kappa shape index (κ2) is 7.82. The van der Waals surface area contributed by atoms with Crippen LogP contribution in [0.15, 0.2) is 24.3 Å². The van der Waals surface area contributed by atoms with E-state index in [1.165, 1.54) is 12.1 Å². The highest BCUT2D eigenvalue weighted by atomic mass is 19.1. The standard InChI is InChI=1S/C18H25FN4O2/c1-12(17(24)22-18(25)21-15-6-7-15)23-10-8-16(9-11-23)20-14-4-2-13(19)3-5-14/h2-5,12,15-16,20H,6-11H2,1H3,(H2,21,22,24,25)/t12-/m1/s1. The molecule has 1 saturated heterocycles. The van der Waals surface area contributed by atoms with E-state index in [0.717, 1.165) is 44.5 Å². The van der Waals surface area contributed by atoms with Crippen LogP contribution in [-0.4, -0.2) is 48.1 Å². The number of nitrogens with zero attached hydrogens (tertiary/aromatic N) is 1. The lowest BCUT2D eigenvalue weighted by Gasteiger charge is -2.35. The zero-order valence-corrected chi connectivity index (χ0v) is 14.4. The van der Waals surface area contributed by atoms with Gasteiger partial charge in [-0.1, -0.05) is 0 Å². The first-order valence-electron chi connectivity index (χ1n) is 8.89. The number of carbonyl (C=O) groups excluding carboxylic acids is 2. The van der Waals surface area contributed by atoms with Crippen LogP contribution in [0.1, 0.15) is 32.6 Å². The smallest absolute Gasteiger partial charge is 0.321 e. The molecule has 1 saturated carbocycles. The van der Waals surface area contributed by atoms with Crippen molar-refractivity contribution in [3.63, 3.8) is 0 Å². The highest BCUT2D eigenvalue weighted by Gasteiger charge is 2.29. The van der Waals surface area contributed by atoms with E-state index in [2.05, 4.69) is 20.9 Å². The summed E-state index contributed by atoms with van der Waals surface area (Å²) in [6.45, 7) is 3.38. The SMILES string of the molecule is C[C@H](C(=O)NC(=O)NC1CC1)N1CCC(Nc2ccc(F)cc2)CC1. The van der Waals surface area contributed by atoms with Crippen molar-refractivity contribution in [2.45, 2.75) is 50.7 Å². The fraction of sp³-hybridized carbons (Fsp3) is 0.556. The second-order valence-corrected chi connectivity index (χ2v) is 6.87. The van der Waals surface area contributed by atoms with Crippen LogP contribution in [0.5, 0.6) is 0 Å². The number of halogens is 1. The summed E-state index contributed by atoms with van der Waals surface area (Å²) in [7, 11) is 0. The minimum Gasteiger partial charge on any atom is -0.382 e. The van der Waals surface area contributed by atoms with E-state index >= 15 is 0 Å². The molecule has 7 heteroatoms. The van der Waals surface area contributed by atoms with Gasteiger partial charge in [0.1, 0.15) is 5.82 Å². The number of benzene rings is 1. The Balaban J connectivity index is 1.41. The average Bonchev–Trinajstić information content (AvgIpc) is 3.40. The third-order valence-electron chi connectivity index (χ3n) is 4.82. The molecule has 136 valence electrons. The Labute approximate surface area is 147 Å². The summed E-state index contributed by atoms with van der Waals surface area (Å²) in [6.07, 6.45) is 3.77. The number of nitrogens with one attached hydrogen (secondary N) is 3. The van der Waals surface area contributed by atoms with E-state index in [1.54, 1.807) is 12.1 Å². The summed E-state index contributed by atoms with van der Waals surface area (Å²) in [4.78, 5) is 26.0. The van der Waals surface area contributed by atoms with Gasteiger partial charge in [-0.25, -0.2) is 9.18 Å². The van der Waals surface area contributed by atoms with E-state index in [0.29, 0.717) is 6.04 Å². The molecule has 1 heterocycles. The fourth-order valence-corrected chi connectivity index (χ4v) is 3.04. The maximum absolute atomic E-state index is 12.9. The molecule has 0 radical (unpaired) electrons. The monoisotopic (exact) mass is 348 g/mol. The van der Waals surface area contributed by atoms with Gasteiger partial charge in [-0.05, 0) is 56.9 Å². The molecule has 0 aromatic heterocycles. The van der Waals surface area contributed by atoms with Gasteiger partial charge in [0.2, 0.25) is 5.91 Å². The maximum atomic E-state index is 12.9. The van der Waals surface area contributed by atoms with Gasteiger partial charge >= 0.3 is 6.03 Å². The number of hydrogen-bond acceptors (Lipinski definition) is 4. The van der Waals surface area contributed by atoms with Crippen molar-refractivity contribution in [3.05, 3.63) is 30.1 Å². The van der Waals surface area contributed by atoms with Crippen molar-refractivity contribution in [1.29, 1.82) is 0 Å². The molecule has 0 bridgehead atoms. The van der Waals surface area contributed by atoms with Crippen LogP contribution in [-0.2, 0) is 4.79 Å². The predicted octanol–water partition coefficient (Wildman–Crippen LogP) is 2.08. The Morgan fingerprint density at radius 3 is 2.32 bits per heavy atom. The lowest BCUT2D eigenvalue weighted by atomic mass is 10.0. The number of anilines is 1. The van der Waals surface area contributed by atoms with Gasteiger partial charge in [0.25, 0.3) is 0 Å². The first-order valence-corrected chi connectivity index (χ1v) is 8.89. The van der Waals surface area contributed by atoms with Gasteiger partial charge in [-0.15, -0.1) is 0 Å². The van der Waals surface area contributed by atoms with E-state index in [1.807, 2.05) is 6.92 Å². The molecule has 1 aliphatic heterocycles. The van der Waals surface area contributed by atoms with Crippen LogP contribution in [0.4, 0.5) is 14.9 Å². The highest BCUT2D eigenvalue weighted by Crippen LogP contribution is 2.19. The van der Waals surface area contributed by atoms with E-state index in [4.69, 9.17) is 0 Å². The lowest BCUT2D eigenvalue weighted by Crippen LogP contribution is -2.52. The minimum atomic E-state index is -0.396. The van der Waals surface area contributed by atoms with Crippen LogP contribution in [0.2, 0.25) is 0 Å². The largest absolute Gasteiger partial charge is 0.382 e. The molecule has 25 heavy (non-hydrogen) atoms. The number of amides is 3. The number of likely N-dealkylation sites (tertiary alicyclic amines) is 1. The van der Waals surface area contributed by atoms with Gasteiger partial charge in [0.15, 0.2) is 0 Å². The van der Waals surface area contributed by atoms with Gasteiger partial charge in [0.05, 0.1) is 6.04 Å². The van der Waals surface area contributed by atoms with Gasteiger partial charge in [-0.3, -0.25) is 15.0 Å². The molecule has 2 fully saturated rings. The van der Waals surface area contributed by atoms with Crippen LogP contribution in [0.25, 0.3) is 0 Å². The first-order chi connectivity index (χ1) is 12.0. The minimum absolute atomic E-state index is 0.233. The van der Waals surface area contributed by atoms with Crippen molar-refractivity contribution in [2.24, 2.45) is 0 Å². The van der Waals surface area contributed by atoms with Crippen LogP contribution >= 0.6 is 0 Å². The van der Waals surface area contributed by atoms with E-state index in [9.17, 15) is 14.0 Å². The quantitative estimate of drug-likeness (QED) is 0.762. The Bertz CT molecular complexity index is 610. The highest BCUT2D eigenvalue weighted by molar-refractivity contribution is 5.97. The zero-order valence-electron chi connectivity index (χ0n) is 14.4. The summed E-state index contributed by atoms with van der Waals surface area (Å²) in [5.41, 5.74) is 0.905. The van der Waals surface area contributed by atoms with Crippen LogP contribution in [0, 0.1) is 5.82 Å². The van der Waals surface area contributed by atoms with Gasteiger partial charge < -0.3 is 10.6 Å². The molecule has 6 nitrogen and oxygen atoms in total. The number of urea groups is 1. The molecule has 3 N–H and O–H groups in total. The summed E-state index contributed by atoms with van der Waals surface area (Å²) in [5.74, 6) is -0.506.